The highest BCUT2D eigenvalue weighted by Crippen LogP contribution is 2.21. The van der Waals surface area contributed by atoms with Crippen molar-refractivity contribution in [2.75, 3.05) is 19.7 Å². The van der Waals surface area contributed by atoms with Crippen LogP contribution in [0.5, 0.6) is 5.75 Å². The van der Waals surface area contributed by atoms with Crippen molar-refractivity contribution in [3.05, 3.63) is 42.1 Å². The van der Waals surface area contributed by atoms with Crippen LogP contribution >= 0.6 is 12.4 Å². The van der Waals surface area contributed by atoms with E-state index in [2.05, 4.69) is 22.0 Å². The van der Waals surface area contributed by atoms with Crippen LogP contribution in [0.25, 0.3) is 11.3 Å². The number of aromatic nitrogens is 2. The highest BCUT2D eigenvalue weighted by atomic mass is 35.5. The van der Waals surface area contributed by atoms with E-state index in [9.17, 15) is 0 Å². The molecule has 1 saturated heterocycles. The monoisotopic (exact) mass is 347 g/mol. The standard InChI is InChI=1S/C19H25N3O.ClH/c1-15-6-11-19(21-20-15)17-7-9-18(10-8-17)23-14-4-13-22-12-3-5-16(22)2;/h6-11,16H,3-5,12-14H2,1-2H3;1H/t16-;/m1./s1. The van der Waals surface area contributed by atoms with Crippen LogP contribution in [0.2, 0.25) is 0 Å². The Balaban J connectivity index is 0.00000208. The fourth-order valence-corrected chi connectivity index (χ4v) is 3.06. The van der Waals surface area contributed by atoms with E-state index in [4.69, 9.17) is 4.74 Å². The van der Waals surface area contributed by atoms with Crippen LogP contribution in [-0.4, -0.2) is 40.8 Å². The zero-order valence-corrected chi connectivity index (χ0v) is 15.3. The minimum absolute atomic E-state index is 0. The van der Waals surface area contributed by atoms with Gasteiger partial charge in [-0.2, -0.15) is 10.2 Å². The molecule has 0 unspecified atom stereocenters. The Bertz CT molecular complexity index is 616. The Labute approximate surface area is 150 Å². The van der Waals surface area contributed by atoms with Crippen LogP contribution in [-0.2, 0) is 0 Å². The summed E-state index contributed by atoms with van der Waals surface area (Å²) in [5, 5.41) is 8.30. The first-order chi connectivity index (χ1) is 11.2. The van der Waals surface area contributed by atoms with E-state index in [1.807, 2.05) is 43.3 Å². The van der Waals surface area contributed by atoms with Crippen molar-refractivity contribution < 1.29 is 4.74 Å². The van der Waals surface area contributed by atoms with Crippen LogP contribution in [0.3, 0.4) is 0 Å². The molecular formula is C19H26ClN3O. The lowest BCUT2D eigenvalue weighted by atomic mass is 10.1. The van der Waals surface area contributed by atoms with Gasteiger partial charge in [0.1, 0.15) is 5.75 Å². The van der Waals surface area contributed by atoms with Gasteiger partial charge in [-0.3, -0.25) is 0 Å². The highest BCUT2D eigenvalue weighted by molar-refractivity contribution is 5.85. The van der Waals surface area contributed by atoms with Gasteiger partial charge in [0.25, 0.3) is 0 Å². The molecule has 0 bridgehead atoms. The van der Waals surface area contributed by atoms with Gasteiger partial charge in [-0.15, -0.1) is 12.4 Å². The van der Waals surface area contributed by atoms with E-state index in [0.717, 1.165) is 48.3 Å². The molecule has 1 atom stereocenters. The summed E-state index contributed by atoms with van der Waals surface area (Å²) in [7, 11) is 0. The Morgan fingerprint density at radius 3 is 2.54 bits per heavy atom. The number of benzene rings is 1. The summed E-state index contributed by atoms with van der Waals surface area (Å²) in [4.78, 5) is 2.56. The molecule has 130 valence electrons. The average molecular weight is 348 g/mol. The van der Waals surface area contributed by atoms with Crippen molar-refractivity contribution in [1.29, 1.82) is 0 Å². The van der Waals surface area contributed by atoms with Gasteiger partial charge in [0, 0.05) is 18.2 Å². The van der Waals surface area contributed by atoms with E-state index in [-0.39, 0.29) is 12.4 Å². The number of likely N-dealkylation sites (tertiary alicyclic amines) is 1. The van der Waals surface area contributed by atoms with Crippen LogP contribution < -0.4 is 4.74 Å². The minimum Gasteiger partial charge on any atom is -0.494 e. The Hall–Kier alpha value is -1.65. The second-order valence-corrected chi connectivity index (χ2v) is 6.31. The van der Waals surface area contributed by atoms with Gasteiger partial charge in [-0.05, 0) is 76.1 Å². The van der Waals surface area contributed by atoms with Crippen LogP contribution in [0.4, 0.5) is 0 Å². The molecule has 24 heavy (non-hydrogen) atoms. The zero-order valence-electron chi connectivity index (χ0n) is 14.4. The quantitative estimate of drug-likeness (QED) is 0.736. The second kappa shape index (κ2) is 9.00. The summed E-state index contributed by atoms with van der Waals surface area (Å²) in [6.07, 6.45) is 3.76. The Morgan fingerprint density at radius 2 is 1.92 bits per heavy atom. The molecule has 0 radical (unpaired) electrons. The molecule has 2 aromatic rings. The summed E-state index contributed by atoms with van der Waals surface area (Å²) in [6.45, 7) is 7.41. The Morgan fingerprint density at radius 1 is 1.12 bits per heavy atom. The van der Waals surface area contributed by atoms with E-state index >= 15 is 0 Å². The molecule has 0 aliphatic carbocycles. The molecule has 0 N–H and O–H groups in total. The third kappa shape index (κ3) is 4.92. The SMILES string of the molecule is Cc1ccc(-c2ccc(OCCCN3CCC[C@H]3C)cc2)nn1.Cl. The van der Waals surface area contributed by atoms with Crippen molar-refractivity contribution in [2.45, 2.75) is 39.2 Å². The van der Waals surface area contributed by atoms with Gasteiger partial charge in [0.2, 0.25) is 0 Å². The number of halogens is 1. The largest absolute Gasteiger partial charge is 0.494 e. The first-order valence-corrected chi connectivity index (χ1v) is 8.50. The van der Waals surface area contributed by atoms with Crippen LogP contribution in [0, 0.1) is 6.92 Å². The Kier molecular flexibility index (Phi) is 7.00. The maximum atomic E-state index is 5.85. The van der Waals surface area contributed by atoms with Crippen molar-refractivity contribution in [3.63, 3.8) is 0 Å². The molecular weight excluding hydrogens is 322 g/mol. The average Bonchev–Trinajstić information content (AvgIpc) is 2.98. The molecule has 1 aromatic heterocycles. The molecule has 0 spiro atoms. The molecule has 4 nitrogen and oxygen atoms in total. The van der Waals surface area contributed by atoms with Gasteiger partial charge in [-0.25, -0.2) is 0 Å². The first-order valence-electron chi connectivity index (χ1n) is 8.50. The highest BCUT2D eigenvalue weighted by Gasteiger charge is 2.18. The lowest BCUT2D eigenvalue weighted by molar-refractivity contribution is 0.230. The summed E-state index contributed by atoms with van der Waals surface area (Å²) >= 11 is 0. The molecule has 3 rings (SSSR count). The van der Waals surface area contributed by atoms with Crippen LogP contribution in [0.1, 0.15) is 31.9 Å². The molecule has 1 aliphatic rings. The van der Waals surface area contributed by atoms with Gasteiger partial charge in [0.15, 0.2) is 0 Å². The van der Waals surface area contributed by atoms with Crippen molar-refractivity contribution >= 4 is 12.4 Å². The summed E-state index contributed by atoms with van der Waals surface area (Å²) < 4.78 is 5.85. The molecule has 1 fully saturated rings. The maximum Gasteiger partial charge on any atom is 0.119 e. The van der Waals surface area contributed by atoms with E-state index in [0.29, 0.717) is 0 Å². The molecule has 5 heteroatoms. The number of rotatable bonds is 6. The predicted molar refractivity (Wildman–Crippen MR) is 99.8 cm³/mol. The fourth-order valence-electron chi connectivity index (χ4n) is 3.06. The summed E-state index contributed by atoms with van der Waals surface area (Å²) in [5.74, 6) is 0.920. The third-order valence-electron chi connectivity index (χ3n) is 4.50. The predicted octanol–water partition coefficient (Wildman–Crippen LogP) is 4.13. The summed E-state index contributed by atoms with van der Waals surface area (Å²) in [6, 6.07) is 12.8. The van der Waals surface area contributed by atoms with Crippen molar-refractivity contribution in [1.82, 2.24) is 15.1 Å². The lowest BCUT2D eigenvalue weighted by Crippen LogP contribution is -2.28. The third-order valence-corrected chi connectivity index (χ3v) is 4.50. The number of hydrogen-bond acceptors (Lipinski definition) is 4. The summed E-state index contributed by atoms with van der Waals surface area (Å²) in [5.41, 5.74) is 2.89. The van der Waals surface area contributed by atoms with E-state index in [1.54, 1.807) is 0 Å². The first kappa shape index (κ1) is 18.7. The molecule has 1 aromatic carbocycles. The number of nitrogens with zero attached hydrogens (tertiary/aromatic N) is 3. The van der Waals surface area contributed by atoms with Crippen molar-refractivity contribution in [3.8, 4) is 17.0 Å². The minimum atomic E-state index is 0. The molecule has 0 amide bonds. The van der Waals surface area contributed by atoms with Crippen LogP contribution in [0.15, 0.2) is 36.4 Å². The fraction of sp³-hybridized carbons (Fsp3) is 0.474. The van der Waals surface area contributed by atoms with Crippen molar-refractivity contribution in [2.24, 2.45) is 0 Å². The second-order valence-electron chi connectivity index (χ2n) is 6.31. The van der Waals surface area contributed by atoms with E-state index < -0.39 is 0 Å². The lowest BCUT2D eigenvalue weighted by Gasteiger charge is -2.20. The van der Waals surface area contributed by atoms with E-state index in [1.165, 1.54) is 19.4 Å². The molecule has 1 aliphatic heterocycles. The topological polar surface area (TPSA) is 38.2 Å². The smallest absolute Gasteiger partial charge is 0.119 e. The maximum absolute atomic E-state index is 5.85. The normalized spacial score (nSPS) is 17.5. The van der Waals surface area contributed by atoms with Gasteiger partial charge >= 0.3 is 0 Å². The number of aryl methyl sites for hydroxylation is 1. The molecule has 0 saturated carbocycles. The zero-order chi connectivity index (χ0) is 16.1. The van der Waals surface area contributed by atoms with Gasteiger partial charge < -0.3 is 9.64 Å². The van der Waals surface area contributed by atoms with Gasteiger partial charge in [0.05, 0.1) is 18.0 Å². The number of ether oxygens (including phenoxy) is 1. The number of hydrogen-bond donors (Lipinski definition) is 0. The molecule has 2 heterocycles. The van der Waals surface area contributed by atoms with Gasteiger partial charge in [-0.1, -0.05) is 0 Å².